The van der Waals surface area contributed by atoms with Gasteiger partial charge >= 0.3 is 0 Å². The minimum atomic E-state index is -0.252. The molecule has 1 aromatic rings. The Bertz CT molecular complexity index is 325. The van der Waals surface area contributed by atoms with Gasteiger partial charge < -0.3 is 5.32 Å². The van der Waals surface area contributed by atoms with E-state index in [4.69, 9.17) is 0 Å². The summed E-state index contributed by atoms with van der Waals surface area (Å²) in [6, 6.07) is 6.19. The van der Waals surface area contributed by atoms with Gasteiger partial charge in [-0.05, 0) is 17.7 Å². The van der Waals surface area contributed by atoms with Crippen LogP contribution in [-0.2, 0) is 4.79 Å². The first-order chi connectivity index (χ1) is 6.25. The number of amides is 1. The van der Waals surface area contributed by atoms with E-state index in [1.54, 1.807) is 12.1 Å². The lowest BCUT2D eigenvalue weighted by molar-refractivity contribution is -0.118. The molecule has 0 unspecified atom stereocenters. The molecule has 1 atom stereocenters. The van der Waals surface area contributed by atoms with E-state index >= 15 is 0 Å². The number of thioether (sulfide) groups is 1. The van der Waals surface area contributed by atoms with Crippen molar-refractivity contribution in [3.8, 4) is 0 Å². The number of rotatable bonds is 1. The van der Waals surface area contributed by atoms with Gasteiger partial charge in [-0.3, -0.25) is 4.79 Å². The van der Waals surface area contributed by atoms with E-state index in [1.807, 2.05) is 0 Å². The Morgan fingerprint density at radius 3 is 2.62 bits per heavy atom. The van der Waals surface area contributed by atoms with Crippen molar-refractivity contribution in [2.24, 2.45) is 0 Å². The Labute approximate surface area is 79.5 Å². The van der Waals surface area contributed by atoms with Crippen molar-refractivity contribution >= 4 is 17.7 Å². The van der Waals surface area contributed by atoms with Crippen molar-refractivity contribution in [3.63, 3.8) is 0 Å². The van der Waals surface area contributed by atoms with Crippen LogP contribution in [0.3, 0.4) is 0 Å². The van der Waals surface area contributed by atoms with Gasteiger partial charge in [-0.15, -0.1) is 11.8 Å². The molecule has 13 heavy (non-hydrogen) atoms. The predicted octanol–water partition coefficient (Wildman–Crippen LogP) is 1.69. The molecule has 2 rings (SSSR count). The van der Waals surface area contributed by atoms with Gasteiger partial charge in [0.05, 0.1) is 5.75 Å². The molecule has 1 heterocycles. The van der Waals surface area contributed by atoms with Crippen molar-refractivity contribution in [1.82, 2.24) is 5.32 Å². The highest BCUT2D eigenvalue weighted by atomic mass is 32.2. The number of benzene rings is 1. The Kier molecular flexibility index (Phi) is 2.22. The van der Waals surface area contributed by atoms with Crippen LogP contribution < -0.4 is 5.32 Å². The molecular formula is C9H8FNOS. The molecule has 0 saturated carbocycles. The highest BCUT2D eigenvalue weighted by Crippen LogP contribution is 2.30. The third-order valence-corrected chi connectivity index (χ3v) is 3.00. The van der Waals surface area contributed by atoms with E-state index in [0.717, 1.165) is 5.56 Å². The van der Waals surface area contributed by atoms with Gasteiger partial charge in [-0.1, -0.05) is 12.1 Å². The van der Waals surface area contributed by atoms with Crippen LogP contribution in [0.2, 0.25) is 0 Å². The van der Waals surface area contributed by atoms with Crippen molar-refractivity contribution < 1.29 is 9.18 Å². The Balaban J connectivity index is 2.17. The second kappa shape index (κ2) is 3.38. The highest BCUT2D eigenvalue weighted by molar-refractivity contribution is 8.00. The Hall–Kier alpha value is -1.03. The summed E-state index contributed by atoms with van der Waals surface area (Å²) in [7, 11) is 0. The number of carbonyl (C=O) groups excluding carboxylic acids is 1. The molecule has 0 aromatic heterocycles. The smallest absolute Gasteiger partial charge is 0.231 e. The molecule has 1 fully saturated rings. The molecular weight excluding hydrogens is 189 g/mol. The Morgan fingerprint density at radius 1 is 1.38 bits per heavy atom. The van der Waals surface area contributed by atoms with Crippen molar-refractivity contribution in [1.29, 1.82) is 0 Å². The van der Waals surface area contributed by atoms with Gasteiger partial charge in [0.15, 0.2) is 0 Å². The number of hydrogen-bond donors (Lipinski definition) is 1. The highest BCUT2D eigenvalue weighted by Gasteiger charge is 2.22. The van der Waals surface area contributed by atoms with E-state index in [9.17, 15) is 9.18 Å². The van der Waals surface area contributed by atoms with Crippen LogP contribution in [0.4, 0.5) is 4.39 Å². The molecule has 1 aliphatic rings. The quantitative estimate of drug-likeness (QED) is 0.742. The number of carbonyl (C=O) groups is 1. The maximum atomic E-state index is 12.6. The van der Waals surface area contributed by atoms with Crippen LogP contribution >= 0.6 is 11.8 Å². The van der Waals surface area contributed by atoms with Gasteiger partial charge in [-0.25, -0.2) is 4.39 Å². The van der Waals surface area contributed by atoms with Crippen LogP contribution in [0.25, 0.3) is 0 Å². The lowest BCUT2D eigenvalue weighted by Crippen LogP contribution is -2.18. The maximum Gasteiger partial charge on any atom is 0.231 e. The summed E-state index contributed by atoms with van der Waals surface area (Å²) >= 11 is 1.53. The fraction of sp³-hybridized carbons (Fsp3) is 0.222. The van der Waals surface area contributed by atoms with Gasteiger partial charge in [0, 0.05) is 0 Å². The van der Waals surface area contributed by atoms with E-state index in [-0.39, 0.29) is 17.1 Å². The monoisotopic (exact) mass is 197 g/mol. The molecule has 2 nitrogen and oxygen atoms in total. The summed E-state index contributed by atoms with van der Waals surface area (Å²) in [5.41, 5.74) is 0.942. The molecule has 4 heteroatoms. The van der Waals surface area contributed by atoms with E-state index in [2.05, 4.69) is 5.32 Å². The normalized spacial score (nSPS) is 21.6. The van der Waals surface area contributed by atoms with Crippen LogP contribution in [0.15, 0.2) is 24.3 Å². The fourth-order valence-corrected chi connectivity index (χ4v) is 2.17. The van der Waals surface area contributed by atoms with Gasteiger partial charge in [0.2, 0.25) is 5.91 Å². The van der Waals surface area contributed by atoms with Crippen LogP contribution in [0.5, 0.6) is 0 Å². The average molecular weight is 197 g/mol. The summed E-state index contributed by atoms with van der Waals surface area (Å²) in [5, 5.41) is 2.78. The maximum absolute atomic E-state index is 12.6. The molecule has 1 saturated heterocycles. The largest absolute Gasteiger partial charge is 0.339 e. The zero-order valence-electron chi connectivity index (χ0n) is 6.79. The molecule has 0 aliphatic carbocycles. The molecule has 0 bridgehead atoms. The van der Waals surface area contributed by atoms with Crippen LogP contribution in [-0.4, -0.2) is 11.7 Å². The average Bonchev–Trinajstić information content (AvgIpc) is 2.53. The van der Waals surface area contributed by atoms with Crippen LogP contribution in [0, 0.1) is 5.82 Å². The summed E-state index contributed by atoms with van der Waals surface area (Å²) in [6.45, 7) is 0. The van der Waals surface area contributed by atoms with Gasteiger partial charge in [0.25, 0.3) is 0 Å². The summed E-state index contributed by atoms with van der Waals surface area (Å²) in [6.07, 6.45) is 0. The fourth-order valence-electron chi connectivity index (χ4n) is 1.21. The first-order valence-electron chi connectivity index (χ1n) is 3.92. The number of halogens is 1. The van der Waals surface area contributed by atoms with Gasteiger partial charge in [0.1, 0.15) is 11.2 Å². The molecule has 0 radical (unpaired) electrons. The first kappa shape index (κ1) is 8.56. The molecule has 1 N–H and O–H groups in total. The zero-order valence-corrected chi connectivity index (χ0v) is 7.60. The number of nitrogens with one attached hydrogen (secondary N) is 1. The van der Waals surface area contributed by atoms with Crippen molar-refractivity contribution in [2.45, 2.75) is 5.37 Å². The van der Waals surface area contributed by atoms with Crippen molar-refractivity contribution in [2.75, 3.05) is 5.75 Å². The lowest BCUT2D eigenvalue weighted by Gasteiger charge is -2.08. The topological polar surface area (TPSA) is 29.1 Å². The third kappa shape index (κ3) is 1.83. The minimum absolute atomic E-state index is 0.00639. The van der Waals surface area contributed by atoms with E-state index < -0.39 is 0 Å². The lowest BCUT2D eigenvalue weighted by atomic mass is 10.2. The molecule has 1 aliphatic heterocycles. The SMILES string of the molecule is O=C1CS[C@@H](c2ccc(F)cc2)N1. The summed E-state index contributed by atoms with van der Waals surface area (Å²) in [5.74, 6) is 0.277. The molecule has 1 amide bonds. The number of hydrogen-bond acceptors (Lipinski definition) is 2. The van der Waals surface area contributed by atoms with Crippen molar-refractivity contribution in [3.05, 3.63) is 35.6 Å². The zero-order chi connectivity index (χ0) is 9.26. The summed E-state index contributed by atoms with van der Waals surface area (Å²) in [4.78, 5) is 10.9. The molecule has 0 spiro atoms. The second-order valence-corrected chi connectivity index (χ2v) is 3.90. The van der Waals surface area contributed by atoms with E-state index in [0.29, 0.717) is 5.75 Å². The molecule has 1 aromatic carbocycles. The van der Waals surface area contributed by atoms with Crippen LogP contribution in [0.1, 0.15) is 10.9 Å². The first-order valence-corrected chi connectivity index (χ1v) is 4.97. The third-order valence-electron chi connectivity index (χ3n) is 1.85. The Morgan fingerprint density at radius 2 is 2.08 bits per heavy atom. The standard InChI is InChI=1S/C9H8FNOS/c10-7-3-1-6(2-4-7)9-11-8(12)5-13-9/h1-4,9H,5H2,(H,11,12)/t9-/m0/s1. The second-order valence-electron chi connectivity index (χ2n) is 2.81. The predicted molar refractivity (Wildman–Crippen MR) is 49.7 cm³/mol. The van der Waals surface area contributed by atoms with E-state index in [1.165, 1.54) is 23.9 Å². The molecule has 68 valence electrons. The summed E-state index contributed by atoms with van der Waals surface area (Å²) < 4.78 is 12.6. The minimum Gasteiger partial charge on any atom is -0.339 e. The van der Waals surface area contributed by atoms with Gasteiger partial charge in [-0.2, -0.15) is 0 Å².